The number of ketones is 1. The highest BCUT2D eigenvalue weighted by Crippen LogP contribution is 2.45. The van der Waals surface area contributed by atoms with Gasteiger partial charge in [-0.2, -0.15) is 0 Å². The summed E-state index contributed by atoms with van der Waals surface area (Å²) in [4.78, 5) is 15.8. The van der Waals surface area contributed by atoms with Gasteiger partial charge in [-0.15, -0.1) is 22.7 Å². The van der Waals surface area contributed by atoms with E-state index < -0.39 is 0 Å². The molecule has 0 fully saturated rings. The van der Waals surface area contributed by atoms with Crippen molar-refractivity contribution in [1.82, 2.24) is 0 Å². The first-order chi connectivity index (χ1) is 15.2. The summed E-state index contributed by atoms with van der Waals surface area (Å²) in [6.07, 6.45) is 0. The minimum Gasteiger partial charge on any atom is -0.288 e. The Balaban J connectivity index is 1.93. The zero-order chi connectivity index (χ0) is 20.9. The van der Waals surface area contributed by atoms with E-state index in [4.69, 9.17) is 0 Å². The summed E-state index contributed by atoms with van der Waals surface area (Å²) in [5, 5.41) is 11.0. The van der Waals surface area contributed by atoms with Crippen LogP contribution in [0.3, 0.4) is 0 Å². The van der Waals surface area contributed by atoms with Gasteiger partial charge in [-0.25, -0.2) is 0 Å². The smallest absolute Gasteiger partial charge is 0.204 e. The molecule has 0 radical (unpaired) electrons. The van der Waals surface area contributed by atoms with Crippen LogP contribution in [-0.2, 0) is 0 Å². The highest BCUT2D eigenvalue weighted by molar-refractivity contribution is 7.14. The maximum Gasteiger partial charge on any atom is 0.204 e. The fourth-order valence-corrected chi connectivity index (χ4v) is 6.12. The van der Waals surface area contributed by atoms with E-state index in [1.807, 2.05) is 23.6 Å². The Morgan fingerprint density at radius 2 is 1.35 bits per heavy atom. The van der Waals surface area contributed by atoms with Gasteiger partial charge in [0, 0.05) is 16.0 Å². The first kappa shape index (κ1) is 18.5. The molecule has 2 heterocycles. The van der Waals surface area contributed by atoms with Gasteiger partial charge in [0.2, 0.25) is 5.78 Å². The molecule has 0 bridgehead atoms. The zero-order valence-electron chi connectivity index (χ0n) is 16.9. The molecule has 0 spiro atoms. The third kappa shape index (κ3) is 2.78. The van der Waals surface area contributed by atoms with Gasteiger partial charge in [0.15, 0.2) is 0 Å². The normalized spacial score (nSPS) is 11.5. The monoisotopic (exact) mass is 434 g/mol. The number of thiophene rings is 2. The predicted molar refractivity (Wildman–Crippen MR) is 135 cm³/mol. The molecule has 0 saturated heterocycles. The van der Waals surface area contributed by atoms with Gasteiger partial charge in [0.1, 0.15) is 0 Å². The molecule has 1 nitrogen and oxygen atoms in total. The molecule has 0 amide bonds. The van der Waals surface area contributed by atoms with E-state index in [-0.39, 0.29) is 5.78 Å². The number of benzene rings is 4. The number of carbonyl (C=O) groups is 1. The molecular formula is C28H18OS2. The Morgan fingerprint density at radius 1 is 0.677 bits per heavy atom. The lowest BCUT2D eigenvalue weighted by Gasteiger charge is -2.18. The van der Waals surface area contributed by atoms with Crippen molar-refractivity contribution in [3.63, 3.8) is 0 Å². The zero-order valence-corrected chi connectivity index (χ0v) is 18.5. The van der Waals surface area contributed by atoms with Crippen molar-refractivity contribution in [1.29, 1.82) is 0 Å². The van der Waals surface area contributed by atoms with Crippen LogP contribution >= 0.6 is 22.7 Å². The second kappa shape index (κ2) is 7.16. The Morgan fingerprint density at radius 3 is 2.06 bits per heavy atom. The third-order valence-electron chi connectivity index (χ3n) is 5.98. The van der Waals surface area contributed by atoms with Crippen molar-refractivity contribution >= 4 is 60.8 Å². The maximum atomic E-state index is 13.9. The number of hydrogen-bond acceptors (Lipinski definition) is 3. The second-order valence-electron chi connectivity index (χ2n) is 7.74. The SMILES string of the molecule is Cc1cc2c3ccccc3c(C(=O)c3cccs3)c(-c3cccs3)c2c2ccccc12. The van der Waals surface area contributed by atoms with Crippen LogP contribution in [0, 0.1) is 6.92 Å². The van der Waals surface area contributed by atoms with Gasteiger partial charge in [0.25, 0.3) is 0 Å². The molecule has 0 aliphatic rings. The topological polar surface area (TPSA) is 17.1 Å². The maximum absolute atomic E-state index is 13.9. The molecule has 4 aromatic carbocycles. The van der Waals surface area contributed by atoms with Crippen molar-refractivity contribution in [3.05, 3.63) is 106 Å². The fourth-order valence-electron chi connectivity index (χ4n) is 4.67. The summed E-state index contributed by atoms with van der Waals surface area (Å²) in [5.74, 6) is 0.0983. The summed E-state index contributed by atoms with van der Waals surface area (Å²) in [5.41, 5.74) is 3.11. The molecule has 148 valence electrons. The van der Waals surface area contributed by atoms with Gasteiger partial charge >= 0.3 is 0 Å². The minimum absolute atomic E-state index is 0.0983. The molecule has 31 heavy (non-hydrogen) atoms. The van der Waals surface area contributed by atoms with Crippen molar-refractivity contribution in [3.8, 4) is 10.4 Å². The van der Waals surface area contributed by atoms with E-state index in [0.29, 0.717) is 0 Å². The van der Waals surface area contributed by atoms with Crippen LogP contribution in [0.1, 0.15) is 20.8 Å². The standard InChI is InChI=1S/C28H18OS2/c1-17-16-22-19-9-3-5-11-21(19)26(28(29)24-13-7-15-31-24)27(23-12-6-14-30-23)25(22)20-10-4-2-8-18(17)20/h2-16H,1H3. The van der Waals surface area contributed by atoms with Crippen molar-refractivity contribution in [2.24, 2.45) is 0 Å². The molecular weight excluding hydrogens is 416 g/mol. The van der Waals surface area contributed by atoms with Gasteiger partial charge in [-0.1, -0.05) is 66.7 Å². The Labute approximate surface area is 188 Å². The highest BCUT2D eigenvalue weighted by Gasteiger charge is 2.24. The van der Waals surface area contributed by atoms with Crippen LogP contribution in [0.25, 0.3) is 42.8 Å². The van der Waals surface area contributed by atoms with Crippen LogP contribution in [0.15, 0.2) is 89.6 Å². The number of hydrogen-bond donors (Lipinski definition) is 0. The Kier molecular flexibility index (Phi) is 4.27. The van der Waals surface area contributed by atoms with E-state index in [0.717, 1.165) is 31.7 Å². The van der Waals surface area contributed by atoms with E-state index >= 15 is 0 Å². The molecule has 6 rings (SSSR count). The minimum atomic E-state index is 0.0983. The van der Waals surface area contributed by atoms with Crippen molar-refractivity contribution in [2.45, 2.75) is 6.92 Å². The summed E-state index contributed by atoms with van der Waals surface area (Å²) < 4.78 is 0. The Bertz CT molecular complexity index is 1590. The molecule has 0 atom stereocenters. The summed E-state index contributed by atoms with van der Waals surface area (Å²) >= 11 is 3.20. The number of aryl methyl sites for hydroxylation is 1. The largest absolute Gasteiger partial charge is 0.288 e. The first-order valence-corrected chi connectivity index (χ1v) is 12.0. The second-order valence-corrected chi connectivity index (χ2v) is 9.64. The van der Waals surface area contributed by atoms with E-state index in [1.54, 1.807) is 11.3 Å². The quantitative estimate of drug-likeness (QED) is 0.202. The molecule has 0 aliphatic heterocycles. The van der Waals surface area contributed by atoms with Crippen LogP contribution in [0.2, 0.25) is 0 Å². The molecule has 0 unspecified atom stereocenters. The Hall–Kier alpha value is -3.27. The molecule has 3 heteroatoms. The molecule has 0 saturated carbocycles. The first-order valence-electron chi connectivity index (χ1n) is 10.2. The number of fused-ring (bicyclic) bond motifs is 5. The lowest BCUT2D eigenvalue weighted by atomic mass is 9.85. The van der Waals surface area contributed by atoms with E-state index in [1.165, 1.54) is 38.4 Å². The number of carbonyl (C=O) groups excluding carboxylic acids is 1. The van der Waals surface area contributed by atoms with Gasteiger partial charge in [0.05, 0.1) is 4.88 Å². The van der Waals surface area contributed by atoms with Crippen molar-refractivity contribution < 1.29 is 4.79 Å². The van der Waals surface area contributed by atoms with Gasteiger partial charge in [-0.3, -0.25) is 4.79 Å². The fraction of sp³-hybridized carbons (Fsp3) is 0.0357. The lowest BCUT2D eigenvalue weighted by molar-refractivity contribution is 0.104. The molecule has 0 N–H and O–H groups in total. The average Bonchev–Trinajstić information content (AvgIpc) is 3.53. The number of rotatable bonds is 3. The van der Waals surface area contributed by atoms with Crippen LogP contribution in [-0.4, -0.2) is 5.78 Å². The summed E-state index contributed by atoms with van der Waals surface area (Å²) in [6, 6.07) is 27.3. The molecule has 2 aromatic heterocycles. The molecule has 0 aliphatic carbocycles. The van der Waals surface area contributed by atoms with E-state index in [9.17, 15) is 4.79 Å². The van der Waals surface area contributed by atoms with Gasteiger partial charge in [-0.05, 0) is 67.7 Å². The van der Waals surface area contributed by atoms with E-state index in [2.05, 4.69) is 73.0 Å². The van der Waals surface area contributed by atoms with Crippen molar-refractivity contribution in [2.75, 3.05) is 0 Å². The third-order valence-corrected chi connectivity index (χ3v) is 7.73. The summed E-state index contributed by atoms with van der Waals surface area (Å²) in [6.45, 7) is 2.17. The predicted octanol–water partition coefficient (Wildman–Crippen LogP) is 8.48. The van der Waals surface area contributed by atoms with Gasteiger partial charge < -0.3 is 0 Å². The summed E-state index contributed by atoms with van der Waals surface area (Å²) in [7, 11) is 0. The van der Waals surface area contributed by atoms with Crippen LogP contribution < -0.4 is 0 Å². The lowest BCUT2D eigenvalue weighted by Crippen LogP contribution is -2.04. The van der Waals surface area contributed by atoms with Crippen LogP contribution in [0.4, 0.5) is 0 Å². The molecule has 6 aromatic rings. The average molecular weight is 435 g/mol. The van der Waals surface area contributed by atoms with Crippen LogP contribution in [0.5, 0.6) is 0 Å². The highest BCUT2D eigenvalue weighted by atomic mass is 32.1.